The number of ether oxygens (including phenoxy) is 2. The van der Waals surface area contributed by atoms with Gasteiger partial charge in [-0.25, -0.2) is 0 Å². The van der Waals surface area contributed by atoms with E-state index >= 15 is 9.59 Å². The van der Waals surface area contributed by atoms with Crippen LogP contribution in [0.5, 0.6) is 17.2 Å². The second-order valence-corrected chi connectivity index (χ2v) is 16.9. The Balaban J connectivity index is 1.07. The smallest absolute Gasteiger partial charge is 0.260 e. The normalized spacial score (nSPS) is 24.0. The van der Waals surface area contributed by atoms with Gasteiger partial charge in [0.15, 0.2) is 0 Å². The van der Waals surface area contributed by atoms with Gasteiger partial charge in [-0.15, -0.1) is 0 Å². The molecular formula is C53H45N3O7. The molecule has 63 heavy (non-hydrogen) atoms. The number of aryl methyl sites for hydroxylation is 1. The molecular weight excluding hydrogens is 791 g/mol. The number of amides is 4. The molecule has 2 saturated heterocycles. The standard InChI is InChI=1S/C53H45N3O7/c1-31-13-19-35(20-14-31)54-56-50(59)44-30-43-41(48(53(44,52(56)61)34-9-5-4-6-10-34)40-26-27-45(57)39-12-8-7-11-38(39)40)24-25-42-47(43)51(60)55(49(42)58)36-21-16-32(17-22-36)15-18-33-29-37(62-2)23-28-46(33)63-3/h4-24,26-29,42-44,47-48,54,57H,25,30H2,1-3H3/t42-,43+,44-,47-,48-,53+/m0/s1. The molecule has 2 N–H and O–H groups in total. The Morgan fingerprint density at radius 1 is 0.730 bits per heavy atom. The van der Waals surface area contributed by atoms with Crippen LogP contribution in [0.1, 0.15) is 46.6 Å². The first-order valence-corrected chi connectivity index (χ1v) is 21.2. The van der Waals surface area contributed by atoms with Gasteiger partial charge >= 0.3 is 0 Å². The van der Waals surface area contributed by atoms with E-state index in [-0.39, 0.29) is 30.4 Å². The fourth-order valence-electron chi connectivity index (χ4n) is 10.8. The van der Waals surface area contributed by atoms with E-state index in [2.05, 4.69) is 11.5 Å². The van der Waals surface area contributed by atoms with Gasteiger partial charge in [-0.05, 0) is 96.3 Å². The molecule has 1 saturated carbocycles. The third kappa shape index (κ3) is 6.22. The number of hydrazine groups is 1. The van der Waals surface area contributed by atoms with Crippen LogP contribution in [0.2, 0.25) is 0 Å². The predicted octanol–water partition coefficient (Wildman–Crippen LogP) is 9.23. The number of carbonyl (C=O) groups excluding carboxylic acids is 4. The third-order valence-electron chi connectivity index (χ3n) is 13.7. The average molecular weight is 836 g/mol. The Kier molecular flexibility index (Phi) is 9.74. The summed E-state index contributed by atoms with van der Waals surface area (Å²) in [6, 6.07) is 40.8. The first-order valence-electron chi connectivity index (χ1n) is 21.2. The van der Waals surface area contributed by atoms with E-state index in [1.54, 1.807) is 32.4 Å². The van der Waals surface area contributed by atoms with Crippen molar-refractivity contribution < 1.29 is 33.8 Å². The van der Waals surface area contributed by atoms with Crippen molar-refractivity contribution >= 4 is 57.9 Å². The molecule has 2 aliphatic carbocycles. The van der Waals surface area contributed by atoms with Crippen molar-refractivity contribution in [1.29, 1.82) is 0 Å². The van der Waals surface area contributed by atoms with Gasteiger partial charge in [0.05, 0.1) is 48.8 Å². The van der Waals surface area contributed by atoms with Crippen molar-refractivity contribution in [3.63, 3.8) is 0 Å². The molecule has 2 heterocycles. The van der Waals surface area contributed by atoms with E-state index in [1.807, 2.05) is 134 Å². The van der Waals surface area contributed by atoms with Crippen LogP contribution in [-0.4, -0.2) is 48.0 Å². The minimum Gasteiger partial charge on any atom is -0.507 e. The van der Waals surface area contributed by atoms with E-state index in [0.717, 1.165) is 33.2 Å². The SMILES string of the molecule is COc1ccc(OC)c(C=Cc2ccc(N3C(=O)[C@H]4[C@H](CC=C5[C@H]4C[C@H]4C(=O)N(Nc6ccc(C)cc6)C(=O)[C@@]4(c4ccccc4)[C@H]5c4ccc(O)c5ccccc45)C3=O)cc2)c1. The number of carbonyl (C=O) groups is 4. The van der Waals surface area contributed by atoms with Crippen LogP contribution in [0, 0.1) is 30.6 Å². The second kappa shape index (κ2) is 15.5. The minimum absolute atomic E-state index is 0.0925. The van der Waals surface area contributed by atoms with Crippen LogP contribution < -0.4 is 19.8 Å². The number of imide groups is 2. The van der Waals surface area contributed by atoms with Gasteiger partial charge < -0.3 is 14.6 Å². The Morgan fingerprint density at radius 3 is 2.19 bits per heavy atom. The van der Waals surface area contributed by atoms with Crippen molar-refractivity contribution in [1.82, 2.24) is 5.01 Å². The zero-order chi connectivity index (χ0) is 43.6. The van der Waals surface area contributed by atoms with Crippen molar-refractivity contribution in [2.75, 3.05) is 24.5 Å². The first-order chi connectivity index (χ1) is 30.6. The predicted molar refractivity (Wildman–Crippen MR) is 242 cm³/mol. The summed E-state index contributed by atoms with van der Waals surface area (Å²) in [4.78, 5) is 61.5. The summed E-state index contributed by atoms with van der Waals surface area (Å²) in [6.07, 6.45) is 6.37. The molecule has 10 rings (SSSR count). The maximum atomic E-state index is 15.6. The van der Waals surface area contributed by atoms with Gasteiger partial charge in [-0.1, -0.05) is 114 Å². The molecule has 0 aromatic heterocycles. The molecule has 2 aliphatic heterocycles. The summed E-state index contributed by atoms with van der Waals surface area (Å²) in [6.45, 7) is 1.97. The average Bonchev–Trinajstić information content (AvgIpc) is 3.70. The maximum absolute atomic E-state index is 15.6. The Hall–Kier alpha value is -7.46. The zero-order valence-electron chi connectivity index (χ0n) is 35.0. The highest BCUT2D eigenvalue weighted by Crippen LogP contribution is 2.65. The molecule has 6 aromatic rings. The molecule has 4 aliphatic rings. The summed E-state index contributed by atoms with van der Waals surface area (Å²) >= 11 is 0. The number of nitrogens with zero attached hydrogens (tertiary/aromatic N) is 2. The molecule has 314 valence electrons. The van der Waals surface area contributed by atoms with Crippen molar-refractivity contribution in [2.45, 2.75) is 31.1 Å². The molecule has 0 radical (unpaired) electrons. The van der Waals surface area contributed by atoms with E-state index in [9.17, 15) is 14.7 Å². The summed E-state index contributed by atoms with van der Waals surface area (Å²) in [5, 5.41) is 13.6. The van der Waals surface area contributed by atoms with Crippen molar-refractivity contribution in [3.8, 4) is 17.2 Å². The summed E-state index contributed by atoms with van der Waals surface area (Å²) in [5.41, 5.74) is 7.79. The monoisotopic (exact) mass is 835 g/mol. The lowest BCUT2D eigenvalue weighted by Crippen LogP contribution is -2.53. The lowest BCUT2D eigenvalue weighted by Gasteiger charge is -2.51. The second-order valence-electron chi connectivity index (χ2n) is 16.9. The molecule has 10 nitrogen and oxygen atoms in total. The van der Waals surface area contributed by atoms with E-state index in [1.165, 1.54) is 9.91 Å². The number of methoxy groups -OCH3 is 2. The number of aromatic hydroxyl groups is 1. The molecule has 0 bridgehead atoms. The van der Waals surface area contributed by atoms with E-state index in [0.29, 0.717) is 33.8 Å². The van der Waals surface area contributed by atoms with Crippen LogP contribution in [-0.2, 0) is 24.6 Å². The fraction of sp³-hybridized carbons (Fsp3) is 0.208. The minimum atomic E-state index is -1.44. The van der Waals surface area contributed by atoms with Gasteiger partial charge in [0.1, 0.15) is 17.2 Å². The van der Waals surface area contributed by atoms with Gasteiger partial charge in [0.2, 0.25) is 11.8 Å². The lowest BCUT2D eigenvalue weighted by molar-refractivity contribution is -0.138. The number of allylic oxidation sites excluding steroid dienone is 2. The maximum Gasteiger partial charge on any atom is 0.260 e. The van der Waals surface area contributed by atoms with E-state index < -0.39 is 46.8 Å². The topological polar surface area (TPSA) is 125 Å². The largest absolute Gasteiger partial charge is 0.507 e. The highest BCUT2D eigenvalue weighted by Gasteiger charge is 2.70. The number of anilines is 2. The number of nitrogens with one attached hydrogen (secondary N) is 1. The number of phenolic OH excluding ortho intramolecular Hbond substituents is 1. The van der Waals surface area contributed by atoms with Crippen LogP contribution >= 0.6 is 0 Å². The summed E-state index contributed by atoms with van der Waals surface area (Å²) in [5.74, 6) is -3.52. The van der Waals surface area contributed by atoms with Gasteiger partial charge in [-0.2, -0.15) is 5.01 Å². The van der Waals surface area contributed by atoms with Crippen molar-refractivity contribution in [2.24, 2.45) is 23.7 Å². The molecule has 0 spiro atoms. The van der Waals surface area contributed by atoms with Crippen LogP contribution in [0.25, 0.3) is 22.9 Å². The Bertz CT molecular complexity index is 2890. The molecule has 6 aromatic carbocycles. The molecule has 10 heteroatoms. The number of fused-ring (bicyclic) bond motifs is 5. The summed E-state index contributed by atoms with van der Waals surface area (Å²) < 4.78 is 10.9. The number of rotatable bonds is 9. The number of hydrogen-bond acceptors (Lipinski definition) is 8. The van der Waals surface area contributed by atoms with E-state index in [4.69, 9.17) is 9.47 Å². The molecule has 0 unspecified atom stereocenters. The van der Waals surface area contributed by atoms with Crippen LogP contribution in [0.15, 0.2) is 145 Å². The molecule has 3 fully saturated rings. The lowest BCUT2D eigenvalue weighted by atomic mass is 9.49. The molecule has 4 amide bonds. The number of hydrogen-bond donors (Lipinski definition) is 2. The van der Waals surface area contributed by atoms with Gasteiger partial charge in [0, 0.05) is 16.9 Å². The fourth-order valence-corrected chi connectivity index (χ4v) is 10.8. The summed E-state index contributed by atoms with van der Waals surface area (Å²) in [7, 11) is 3.22. The molecule has 6 atom stereocenters. The zero-order valence-corrected chi connectivity index (χ0v) is 35.0. The third-order valence-corrected chi connectivity index (χ3v) is 13.7. The van der Waals surface area contributed by atoms with Crippen LogP contribution in [0.4, 0.5) is 11.4 Å². The quantitative estimate of drug-likeness (QED) is 0.0840. The van der Waals surface area contributed by atoms with Crippen LogP contribution in [0.3, 0.4) is 0 Å². The Morgan fingerprint density at radius 2 is 1.46 bits per heavy atom. The highest BCUT2D eigenvalue weighted by molar-refractivity contribution is 6.22. The van der Waals surface area contributed by atoms with Gasteiger partial charge in [-0.3, -0.25) is 29.5 Å². The number of benzene rings is 6. The number of phenols is 1. The van der Waals surface area contributed by atoms with Crippen molar-refractivity contribution in [3.05, 3.63) is 173 Å². The first kappa shape index (κ1) is 39.7. The Labute approximate surface area is 365 Å². The highest BCUT2D eigenvalue weighted by atomic mass is 16.5. The van der Waals surface area contributed by atoms with Gasteiger partial charge in [0.25, 0.3) is 11.8 Å².